The van der Waals surface area contributed by atoms with Crippen LogP contribution in [0.2, 0.25) is 0 Å². The molecule has 0 aromatic carbocycles. The first-order valence-corrected chi connectivity index (χ1v) is 9.04. The molecule has 1 rings (SSSR count). The highest BCUT2D eigenvalue weighted by molar-refractivity contribution is 7.99. The van der Waals surface area contributed by atoms with E-state index in [0.717, 1.165) is 19.0 Å². The highest BCUT2D eigenvalue weighted by atomic mass is 32.2. The fraction of sp³-hybridized carbons (Fsp3) is 0.938. The molecular formula is C16H32N2O2S. The van der Waals surface area contributed by atoms with E-state index in [4.69, 9.17) is 4.74 Å². The van der Waals surface area contributed by atoms with Crippen molar-refractivity contribution in [3.8, 4) is 0 Å². The van der Waals surface area contributed by atoms with E-state index in [1.54, 1.807) is 0 Å². The first kappa shape index (κ1) is 18.6. The molecule has 5 heteroatoms. The molecule has 1 aliphatic heterocycles. The number of nitrogens with one attached hydrogen (secondary N) is 1. The quantitative estimate of drug-likeness (QED) is 0.790. The summed E-state index contributed by atoms with van der Waals surface area (Å²) >= 11 is 2.04. The van der Waals surface area contributed by atoms with Crippen molar-refractivity contribution in [1.29, 1.82) is 0 Å². The third-order valence-corrected chi connectivity index (χ3v) is 4.62. The summed E-state index contributed by atoms with van der Waals surface area (Å²) in [7, 11) is 0. The average Bonchev–Trinajstić information content (AvgIpc) is 2.77. The Hall–Kier alpha value is -0.420. The molecular weight excluding hydrogens is 284 g/mol. The van der Waals surface area contributed by atoms with Crippen LogP contribution in [0.4, 0.5) is 4.79 Å². The molecule has 0 aliphatic carbocycles. The molecule has 124 valence electrons. The molecule has 1 aliphatic rings. The molecule has 1 atom stereocenters. The van der Waals surface area contributed by atoms with Crippen LogP contribution >= 0.6 is 11.8 Å². The van der Waals surface area contributed by atoms with Crippen molar-refractivity contribution in [2.75, 3.05) is 31.1 Å². The minimum Gasteiger partial charge on any atom is -0.444 e. The SMILES string of the molecule is CC(C)(C)OC(=O)N(CCNCC1CCSC1)C(C)(C)C. The summed E-state index contributed by atoms with van der Waals surface area (Å²) in [6.07, 6.45) is 1.08. The van der Waals surface area contributed by atoms with Gasteiger partial charge >= 0.3 is 6.09 Å². The molecule has 0 radical (unpaired) electrons. The van der Waals surface area contributed by atoms with Gasteiger partial charge in [-0.25, -0.2) is 4.79 Å². The highest BCUT2D eigenvalue weighted by Gasteiger charge is 2.30. The Labute approximate surface area is 134 Å². The second kappa shape index (κ2) is 7.73. The molecule has 0 aromatic heterocycles. The number of amides is 1. The standard InChI is InChI=1S/C16H32N2O2S/c1-15(2,3)18(14(19)20-16(4,5)6)9-8-17-11-13-7-10-21-12-13/h13,17H,7-12H2,1-6H3. The summed E-state index contributed by atoms with van der Waals surface area (Å²) < 4.78 is 5.51. The first-order valence-electron chi connectivity index (χ1n) is 7.89. The zero-order valence-corrected chi connectivity index (χ0v) is 15.3. The molecule has 0 spiro atoms. The van der Waals surface area contributed by atoms with E-state index < -0.39 is 5.60 Å². The van der Waals surface area contributed by atoms with Crippen molar-refractivity contribution in [1.82, 2.24) is 10.2 Å². The molecule has 4 nitrogen and oxygen atoms in total. The summed E-state index contributed by atoms with van der Waals surface area (Å²) in [6.45, 7) is 14.4. The molecule has 0 saturated carbocycles. The molecule has 21 heavy (non-hydrogen) atoms. The van der Waals surface area contributed by atoms with Crippen LogP contribution < -0.4 is 5.32 Å². The molecule has 1 heterocycles. The number of rotatable bonds is 5. The Morgan fingerprint density at radius 2 is 1.95 bits per heavy atom. The molecule has 0 aromatic rings. The van der Waals surface area contributed by atoms with Gasteiger partial charge in [-0.3, -0.25) is 0 Å². The third kappa shape index (κ3) is 7.41. The first-order chi connectivity index (χ1) is 9.59. The van der Waals surface area contributed by atoms with E-state index in [2.05, 4.69) is 5.32 Å². The fourth-order valence-electron chi connectivity index (χ4n) is 2.26. The fourth-order valence-corrected chi connectivity index (χ4v) is 3.54. The van der Waals surface area contributed by atoms with Gasteiger partial charge in [0, 0.05) is 18.6 Å². The van der Waals surface area contributed by atoms with Gasteiger partial charge in [-0.05, 0) is 71.9 Å². The Bertz CT molecular complexity index is 328. The van der Waals surface area contributed by atoms with Crippen molar-refractivity contribution in [3.63, 3.8) is 0 Å². The number of hydrogen-bond acceptors (Lipinski definition) is 4. The summed E-state index contributed by atoms with van der Waals surface area (Å²) in [5.74, 6) is 3.35. The Morgan fingerprint density at radius 1 is 1.29 bits per heavy atom. The molecule has 0 bridgehead atoms. The Kier molecular flexibility index (Phi) is 6.85. The Balaban J connectivity index is 2.41. The molecule has 1 amide bonds. The van der Waals surface area contributed by atoms with Gasteiger partial charge in [0.25, 0.3) is 0 Å². The van der Waals surface area contributed by atoms with E-state index in [9.17, 15) is 4.79 Å². The molecule has 1 saturated heterocycles. The van der Waals surface area contributed by atoms with E-state index >= 15 is 0 Å². The lowest BCUT2D eigenvalue weighted by Crippen LogP contribution is -2.50. The third-order valence-electron chi connectivity index (χ3n) is 3.39. The van der Waals surface area contributed by atoms with Crippen LogP contribution in [-0.2, 0) is 4.74 Å². The van der Waals surface area contributed by atoms with Crippen LogP contribution in [-0.4, -0.2) is 53.3 Å². The van der Waals surface area contributed by atoms with Crippen LogP contribution in [0.15, 0.2) is 0 Å². The lowest BCUT2D eigenvalue weighted by molar-refractivity contribution is 0.00662. The van der Waals surface area contributed by atoms with Crippen molar-refractivity contribution in [2.24, 2.45) is 5.92 Å². The van der Waals surface area contributed by atoms with Gasteiger partial charge in [-0.15, -0.1) is 0 Å². The molecule has 1 N–H and O–H groups in total. The monoisotopic (exact) mass is 316 g/mol. The van der Waals surface area contributed by atoms with Gasteiger partial charge < -0.3 is 15.0 Å². The van der Waals surface area contributed by atoms with Crippen molar-refractivity contribution >= 4 is 17.9 Å². The summed E-state index contributed by atoms with van der Waals surface area (Å²) in [5, 5.41) is 3.48. The minimum atomic E-state index is -0.449. The topological polar surface area (TPSA) is 41.6 Å². The van der Waals surface area contributed by atoms with Crippen LogP contribution in [0.25, 0.3) is 0 Å². The number of nitrogens with zero attached hydrogens (tertiary/aromatic N) is 1. The summed E-state index contributed by atoms with van der Waals surface area (Å²) in [6, 6.07) is 0. The molecule has 1 unspecified atom stereocenters. The maximum absolute atomic E-state index is 12.3. The van der Waals surface area contributed by atoms with Crippen LogP contribution in [0.1, 0.15) is 48.0 Å². The lowest BCUT2D eigenvalue weighted by atomic mass is 10.1. The van der Waals surface area contributed by atoms with E-state index in [-0.39, 0.29) is 11.6 Å². The zero-order chi connectivity index (χ0) is 16.1. The number of ether oxygens (including phenoxy) is 1. The second-order valence-corrected chi connectivity index (χ2v) is 8.89. The largest absolute Gasteiger partial charge is 0.444 e. The average molecular weight is 317 g/mol. The Morgan fingerprint density at radius 3 is 2.43 bits per heavy atom. The predicted octanol–water partition coefficient (Wildman–Crippen LogP) is 3.36. The zero-order valence-electron chi connectivity index (χ0n) is 14.5. The van der Waals surface area contributed by atoms with Gasteiger partial charge in [-0.2, -0.15) is 11.8 Å². The smallest absolute Gasteiger partial charge is 0.410 e. The number of carbonyl (C=O) groups is 1. The number of hydrogen-bond donors (Lipinski definition) is 1. The van der Waals surface area contributed by atoms with Crippen molar-refractivity contribution < 1.29 is 9.53 Å². The van der Waals surface area contributed by atoms with E-state index in [1.807, 2.05) is 58.2 Å². The number of thioether (sulfide) groups is 1. The summed E-state index contributed by atoms with van der Waals surface area (Å²) in [4.78, 5) is 14.1. The predicted molar refractivity (Wildman–Crippen MR) is 91.0 cm³/mol. The van der Waals surface area contributed by atoms with Crippen LogP contribution in [0.3, 0.4) is 0 Å². The van der Waals surface area contributed by atoms with E-state index in [1.165, 1.54) is 17.9 Å². The van der Waals surface area contributed by atoms with Gasteiger partial charge in [0.05, 0.1) is 0 Å². The van der Waals surface area contributed by atoms with Gasteiger partial charge in [0.2, 0.25) is 0 Å². The van der Waals surface area contributed by atoms with Crippen LogP contribution in [0, 0.1) is 5.92 Å². The maximum Gasteiger partial charge on any atom is 0.410 e. The normalized spacial score (nSPS) is 19.6. The lowest BCUT2D eigenvalue weighted by Gasteiger charge is -2.37. The van der Waals surface area contributed by atoms with Gasteiger partial charge in [0.1, 0.15) is 5.60 Å². The number of carbonyl (C=O) groups excluding carboxylic acids is 1. The van der Waals surface area contributed by atoms with Crippen molar-refractivity contribution in [3.05, 3.63) is 0 Å². The summed E-state index contributed by atoms with van der Waals surface area (Å²) in [5.41, 5.74) is -0.678. The second-order valence-electron chi connectivity index (χ2n) is 7.74. The van der Waals surface area contributed by atoms with Gasteiger partial charge in [0.15, 0.2) is 0 Å². The maximum atomic E-state index is 12.3. The van der Waals surface area contributed by atoms with Crippen LogP contribution in [0.5, 0.6) is 0 Å². The minimum absolute atomic E-state index is 0.228. The van der Waals surface area contributed by atoms with Gasteiger partial charge in [-0.1, -0.05) is 0 Å². The van der Waals surface area contributed by atoms with Crippen molar-refractivity contribution in [2.45, 2.75) is 59.1 Å². The molecule has 1 fully saturated rings. The van der Waals surface area contributed by atoms with E-state index in [0.29, 0.717) is 6.54 Å². The highest BCUT2D eigenvalue weighted by Crippen LogP contribution is 2.22.